The molecule has 0 atom stereocenters. The molecule has 1 amide bonds. The van der Waals surface area contributed by atoms with E-state index in [-0.39, 0.29) is 6.54 Å². The summed E-state index contributed by atoms with van der Waals surface area (Å²) in [5.74, 6) is 5.60. The molecule has 0 saturated carbocycles. The molecule has 0 aromatic carbocycles. The van der Waals surface area contributed by atoms with E-state index >= 15 is 0 Å². The molecule has 2 rings (SSSR count). The number of carbonyl (C=O) groups is 1. The van der Waals surface area contributed by atoms with E-state index in [9.17, 15) is 4.79 Å². The Morgan fingerprint density at radius 2 is 2.39 bits per heavy atom. The summed E-state index contributed by atoms with van der Waals surface area (Å²) in [5, 5.41) is 10.6. The molecule has 0 aliphatic rings. The molecule has 2 heterocycles. The number of nitrogens with one attached hydrogen (secondary N) is 1. The standard InChI is InChI=1S/C13H10N2O3/c16-13(17)15-5-1-2-10-8-14-6-3-12(10)11-4-7-18-9-11/h3-4,6-9,15H,5H2,(H,16,17). The Morgan fingerprint density at radius 1 is 1.50 bits per heavy atom. The second kappa shape index (κ2) is 5.55. The molecule has 0 fully saturated rings. The number of pyridine rings is 1. The Balaban J connectivity index is 2.21. The summed E-state index contributed by atoms with van der Waals surface area (Å²) in [7, 11) is 0. The normalized spacial score (nSPS) is 9.33. The van der Waals surface area contributed by atoms with Crippen LogP contribution in [0.5, 0.6) is 0 Å². The van der Waals surface area contributed by atoms with E-state index in [1.807, 2.05) is 12.1 Å². The lowest BCUT2D eigenvalue weighted by Gasteiger charge is -1.99. The molecule has 18 heavy (non-hydrogen) atoms. The fourth-order valence-corrected chi connectivity index (χ4v) is 1.42. The van der Waals surface area contributed by atoms with E-state index in [1.165, 1.54) is 0 Å². The van der Waals surface area contributed by atoms with Crippen molar-refractivity contribution in [2.24, 2.45) is 0 Å². The summed E-state index contributed by atoms with van der Waals surface area (Å²) in [6.07, 6.45) is 5.42. The Labute approximate surface area is 103 Å². The third-order valence-electron chi connectivity index (χ3n) is 2.20. The summed E-state index contributed by atoms with van der Waals surface area (Å²) < 4.78 is 5.02. The number of aromatic nitrogens is 1. The topological polar surface area (TPSA) is 75.4 Å². The van der Waals surface area contributed by atoms with Gasteiger partial charge in [-0.05, 0) is 12.1 Å². The summed E-state index contributed by atoms with van der Waals surface area (Å²) in [6, 6.07) is 3.66. The van der Waals surface area contributed by atoms with Gasteiger partial charge in [0.1, 0.15) is 0 Å². The molecule has 0 radical (unpaired) electrons. The van der Waals surface area contributed by atoms with Gasteiger partial charge < -0.3 is 14.8 Å². The summed E-state index contributed by atoms with van der Waals surface area (Å²) in [6.45, 7) is 0.0784. The fraction of sp³-hybridized carbons (Fsp3) is 0.0769. The van der Waals surface area contributed by atoms with E-state index in [1.54, 1.807) is 24.9 Å². The highest BCUT2D eigenvalue weighted by atomic mass is 16.4. The van der Waals surface area contributed by atoms with Gasteiger partial charge in [-0.1, -0.05) is 11.8 Å². The molecule has 0 spiro atoms. The number of hydrogen-bond donors (Lipinski definition) is 2. The van der Waals surface area contributed by atoms with Gasteiger partial charge in [-0.15, -0.1) is 0 Å². The van der Waals surface area contributed by atoms with Gasteiger partial charge in [0.25, 0.3) is 0 Å². The zero-order chi connectivity index (χ0) is 12.8. The van der Waals surface area contributed by atoms with E-state index in [0.29, 0.717) is 0 Å². The quantitative estimate of drug-likeness (QED) is 0.789. The van der Waals surface area contributed by atoms with Crippen LogP contribution in [0, 0.1) is 11.8 Å². The Kier molecular flexibility index (Phi) is 3.62. The first-order valence-corrected chi connectivity index (χ1v) is 5.19. The zero-order valence-electron chi connectivity index (χ0n) is 9.38. The minimum absolute atomic E-state index is 0.0784. The van der Waals surface area contributed by atoms with Crippen LogP contribution in [-0.2, 0) is 0 Å². The van der Waals surface area contributed by atoms with E-state index in [2.05, 4.69) is 22.1 Å². The van der Waals surface area contributed by atoms with Crippen LogP contribution in [0.4, 0.5) is 4.79 Å². The highest BCUT2D eigenvalue weighted by Crippen LogP contribution is 2.22. The van der Waals surface area contributed by atoms with Crippen LogP contribution in [0.15, 0.2) is 41.5 Å². The lowest BCUT2D eigenvalue weighted by Crippen LogP contribution is -2.20. The van der Waals surface area contributed by atoms with E-state index < -0.39 is 6.09 Å². The van der Waals surface area contributed by atoms with Crippen LogP contribution in [0.3, 0.4) is 0 Å². The monoisotopic (exact) mass is 242 g/mol. The number of amides is 1. The summed E-state index contributed by atoms with van der Waals surface area (Å²) in [5.41, 5.74) is 2.54. The van der Waals surface area contributed by atoms with Gasteiger partial charge in [0, 0.05) is 23.5 Å². The van der Waals surface area contributed by atoms with Crippen LogP contribution in [0.2, 0.25) is 0 Å². The number of carboxylic acid groups (broad SMARTS) is 1. The van der Waals surface area contributed by atoms with Crippen molar-refractivity contribution in [3.63, 3.8) is 0 Å². The molecule has 0 saturated heterocycles. The van der Waals surface area contributed by atoms with Gasteiger partial charge >= 0.3 is 6.09 Å². The number of rotatable bonds is 2. The maximum atomic E-state index is 10.3. The minimum atomic E-state index is -1.09. The number of nitrogens with zero attached hydrogens (tertiary/aromatic N) is 1. The van der Waals surface area contributed by atoms with E-state index in [0.717, 1.165) is 16.7 Å². The van der Waals surface area contributed by atoms with Gasteiger partial charge in [-0.3, -0.25) is 4.98 Å². The Bertz CT molecular complexity index is 594. The molecule has 5 nitrogen and oxygen atoms in total. The molecule has 2 aromatic rings. The lowest BCUT2D eigenvalue weighted by molar-refractivity contribution is 0.196. The molecule has 0 unspecified atom stereocenters. The predicted octanol–water partition coefficient (Wildman–Crippen LogP) is 1.96. The first kappa shape index (κ1) is 11.7. The first-order valence-electron chi connectivity index (χ1n) is 5.19. The third kappa shape index (κ3) is 2.89. The summed E-state index contributed by atoms with van der Waals surface area (Å²) in [4.78, 5) is 14.3. The van der Waals surface area contributed by atoms with Crippen LogP contribution in [-0.4, -0.2) is 22.7 Å². The molecule has 0 aliphatic heterocycles. The highest BCUT2D eigenvalue weighted by Gasteiger charge is 2.03. The zero-order valence-corrected chi connectivity index (χ0v) is 9.38. The van der Waals surface area contributed by atoms with Crippen molar-refractivity contribution in [2.45, 2.75) is 0 Å². The van der Waals surface area contributed by atoms with Crippen LogP contribution < -0.4 is 5.32 Å². The fourth-order valence-electron chi connectivity index (χ4n) is 1.42. The van der Waals surface area contributed by atoms with Gasteiger partial charge in [-0.2, -0.15) is 0 Å². The van der Waals surface area contributed by atoms with E-state index in [4.69, 9.17) is 9.52 Å². The predicted molar refractivity (Wildman–Crippen MR) is 64.8 cm³/mol. The van der Waals surface area contributed by atoms with Crippen molar-refractivity contribution in [3.8, 4) is 23.0 Å². The molecular weight excluding hydrogens is 232 g/mol. The molecular formula is C13H10N2O3. The van der Waals surface area contributed by atoms with Crippen LogP contribution >= 0.6 is 0 Å². The highest BCUT2D eigenvalue weighted by molar-refractivity contribution is 5.69. The second-order valence-corrected chi connectivity index (χ2v) is 3.39. The molecule has 2 aromatic heterocycles. The third-order valence-corrected chi connectivity index (χ3v) is 2.20. The molecule has 5 heteroatoms. The average Bonchev–Trinajstić information content (AvgIpc) is 2.88. The van der Waals surface area contributed by atoms with Gasteiger partial charge in [0.05, 0.1) is 24.6 Å². The number of furan rings is 1. The van der Waals surface area contributed by atoms with Crippen molar-refractivity contribution in [1.82, 2.24) is 10.3 Å². The maximum Gasteiger partial charge on any atom is 0.405 e. The van der Waals surface area contributed by atoms with Gasteiger partial charge in [-0.25, -0.2) is 4.79 Å². The minimum Gasteiger partial charge on any atom is -0.472 e. The Hall–Kier alpha value is -2.74. The average molecular weight is 242 g/mol. The van der Waals surface area contributed by atoms with Crippen molar-refractivity contribution in [2.75, 3.05) is 6.54 Å². The van der Waals surface area contributed by atoms with Crippen molar-refractivity contribution < 1.29 is 14.3 Å². The molecule has 2 N–H and O–H groups in total. The molecule has 0 bridgehead atoms. The maximum absolute atomic E-state index is 10.3. The summed E-state index contributed by atoms with van der Waals surface area (Å²) >= 11 is 0. The SMILES string of the molecule is O=C(O)NCC#Cc1cnccc1-c1ccoc1. The molecule has 0 aliphatic carbocycles. The largest absolute Gasteiger partial charge is 0.472 e. The van der Waals surface area contributed by atoms with Crippen molar-refractivity contribution in [3.05, 3.63) is 42.6 Å². The lowest BCUT2D eigenvalue weighted by atomic mass is 10.1. The second-order valence-electron chi connectivity index (χ2n) is 3.39. The van der Waals surface area contributed by atoms with Crippen LogP contribution in [0.1, 0.15) is 5.56 Å². The van der Waals surface area contributed by atoms with Crippen LogP contribution in [0.25, 0.3) is 11.1 Å². The first-order chi connectivity index (χ1) is 8.77. The van der Waals surface area contributed by atoms with Crippen molar-refractivity contribution in [1.29, 1.82) is 0 Å². The molecule has 90 valence electrons. The smallest absolute Gasteiger partial charge is 0.405 e. The van der Waals surface area contributed by atoms with Gasteiger partial charge in [0.2, 0.25) is 0 Å². The van der Waals surface area contributed by atoms with Gasteiger partial charge in [0.15, 0.2) is 0 Å². The van der Waals surface area contributed by atoms with Crippen molar-refractivity contribution >= 4 is 6.09 Å². The number of hydrogen-bond acceptors (Lipinski definition) is 3. The Morgan fingerprint density at radius 3 is 3.11 bits per heavy atom.